The third-order valence-corrected chi connectivity index (χ3v) is 6.38. The fourth-order valence-electron chi connectivity index (χ4n) is 3.02. The van der Waals surface area contributed by atoms with E-state index in [0.29, 0.717) is 21.6 Å². The molecule has 0 fully saturated rings. The number of aryl methyl sites for hydroxylation is 1. The Morgan fingerprint density at radius 1 is 0.931 bits per heavy atom. The largest absolute Gasteiger partial charge is 0.228 e. The highest BCUT2D eigenvalue weighted by Gasteiger charge is 2.13. The van der Waals surface area contributed by atoms with Gasteiger partial charge in [0.05, 0.1) is 5.52 Å². The van der Waals surface area contributed by atoms with Crippen molar-refractivity contribution in [2.24, 2.45) is 0 Å². The molecule has 0 amide bonds. The molecule has 0 atom stereocenters. The lowest BCUT2D eigenvalue weighted by atomic mass is 10.1. The highest BCUT2D eigenvalue weighted by molar-refractivity contribution is 7.98. The number of thioether (sulfide) groups is 1. The summed E-state index contributed by atoms with van der Waals surface area (Å²) in [6.45, 7) is 2.12. The molecule has 29 heavy (non-hydrogen) atoms. The molecular formula is C23H17Cl2FN2S. The maximum atomic E-state index is 13.3. The second-order valence-corrected chi connectivity index (χ2v) is 8.33. The maximum absolute atomic E-state index is 13.3. The number of hydrogen-bond acceptors (Lipinski definition) is 3. The molecule has 1 heterocycles. The van der Waals surface area contributed by atoms with Crippen molar-refractivity contribution in [3.8, 4) is 11.4 Å². The molecule has 3 aromatic carbocycles. The Morgan fingerprint density at radius 3 is 2.34 bits per heavy atom. The lowest BCUT2D eigenvalue weighted by molar-refractivity contribution is 0.628. The van der Waals surface area contributed by atoms with Crippen molar-refractivity contribution in [2.45, 2.75) is 24.1 Å². The summed E-state index contributed by atoms with van der Waals surface area (Å²) in [5.74, 6) is 0.865. The smallest absolute Gasteiger partial charge is 0.161 e. The molecule has 0 bridgehead atoms. The summed E-state index contributed by atoms with van der Waals surface area (Å²) in [5.41, 5.74) is 3.71. The van der Waals surface area contributed by atoms with E-state index in [2.05, 4.69) is 19.1 Å². The van der Waals surface area contributed by atoms with E-state index in [1.807, 2.05) is 24.3 Å². The van der Waals surface area contributed by atoms with Gasteiger partial charge < -0.3 is 0 Å². The average molecular weight is 443 g/mol. The molecule has 1 aromatic heterocycles. The number of rotatable bonds is 5. The van der Waals surface area contributed by atoms with E-state index >= 15 is 0 Å². The molecular weight excluding hydrogens is 426 g/mol. The third-order valence-electron chi connectivity index (χ3n) is 4.65. The molecule has 0 aliphatic rings. The zero-order chi connectivity index (χ0) is 20.4. The van der Waals surface area contributed by atoms with Crippen LogP contribution < -0.4 is 0 Å². The molecule has 0 unspecified atom stereocenters. The van der Waals surface area contributed by atoms with Crippen molar-refractivity contribution in [1.29, 1.82) is 0 Å². The standard InChI is InChI=1S/C23H17Cl2FN2S/c1-2-14-6-11-21-17(12-14)23(29-13-18-19(24)4-3-5-20(18)25)28-22(27-21)15-7-9-16(26)10-8-15/h3-12H,2,13H2,1H3. The fourth-order valence-corrected chi connectivity index (χ4v) is 4.77. The van der Waals surface area contributed by atoms with Gasteiger partial charge >= 0.3 is 0 Å². The number of aromatic nitrogens is 2. The van der Waals surface area contributed by atoms with Gasteiger partial charge in [0.15, 0.2) is 5.82 Å². The van der Waals surface area contributed by atoms with Crippen LogP contribution in [0.1, 0.15) is 18.1 Å². The lowest BCUT2D eigenvalue weighted by Crippen LogP contribution is -1.96. The molecule has 146 valence electrons. The average Bonchev–Trinajstić information content (AvgIpc) is 2.73. The van der Waals surface area contributed by atoms with Crippen LogP contribution in [0.5, 0.6) is 0 Å². The molecule has 0 spiro atoms. The highest BCUT2D eigenvalue weighted by Crippen LogP contribution is 2.35. The zero-order valence-electron chi connectivity index (χ0n) is 15.6. The second kappa shape index (κ2) is 8.70. The summed E-state index contributed by atoms with van der Waals surface area (Å²) in [6, 6.07) is 17.9. The predicted octanol–water partition coefficient (Wildman–Crippen LogP) is 7.60. The van der Waals surface area contributed by atoms with E-state index in [1.54, 1.807) is 23.9 Å². The van der Waals surface area contributed by atoms with Crippen LogP contribution in [0.2, 0.25) is 10.0 Å². The lowest BCUT2D eigenvalue weighted by Gasteiger charge is -2.11. The van der Waals surface area contributed by atoms with Gasteiger partial charge in [-0.05, 0) is 66.1 Å². The van der Waals surface area contributed by atoms with Gasteiger partial charge in [-0.1, -0.05) is 42.3 Å². The SMILES string of the molecule is CCc1ccc2nc(-c3ccc(F)cc3)nc(SCc3c(Cl)cccc3Cl)c2c1. The van der Waals surface area contributed by atoms with Crippen LogP contribution in [0.3, 0.4) is 0 Å². The first-order valence-corrected chi connectivity index (χ1v) is 10.9. The highest BCUT2D eigenvalue weighted by atomic mass is 35.5. The molecule has 0 aliphatic heterocycles. The fraction of sp³-hybridized carbons (Fsp3) is 0.130. The summed E-state index contributed by atoms with van der Waals surface area (Å²) in [7, 11) is 0. The van der Waals surface area contributed by atoms with Crippen molar-refractivity contribution < 1.29 is 4.39 Å². The first-order chi connectivity index (χ1) is 14.0. The van der Waals surface area contributed by atoms with E-state index in [4.69, 9.17) is 33.2 Å². The Morgan fingerprint density at radius 2 is 1.66 bits per heavy atom. The molecule has 6 heteroatoms. The van der Waals surface area contributed by atoms with E-state index < -0.39 is 0 Å². The summed E-state index contributed by atoms with van der Waals surface area (Å²) in [6.07, 6.45) is 0.927. The van der Waals surface area contributed by atoms with Crippen LogP contribution in [0.25, 0.3) is 22.3 Å². The van der Waals surface area contributed by atoms with Crippen molar-refractivity contribution in [3.05, 3.63) is 87.7 Å². The van der Waals surface area contributed by atoms with Crippen molar-refractivity contribution in [1.82, 2.24) is 9.97 Å². The van der Waals surface area contributed by atoms with Gasteiger partial charge in [-0.3, -0.25) is 0 Å². The van der Waals surface area contributed by atoms with E-state index in [0.717, 1.165) is 33.5 Å². The number of halogens is 3. The van der Waals surface area contributed by atoms with Gasteiger partial charge in [0.1, 0.15) is 10.8 Å². The molecule has 2 nitrogen and oxygen atoms in total. The van der Waals surface area contributed by atoms with Gasteiger partial charge in [0, 0.05) is 26.7 Å². The number of nitrogens with zero attached hydrogens (tertiary/aromatic N) is 2. The minimum absolute atomic E-state index is 0.287. The monoisotopic (exact) mass is 442 g/mol. The van der Waals surface area contributed by atoms with Gasteiger partial charge in [0.25, 0.3) is 0 Å². The van der Waals surface area contributed by atoms with Crippen LogP contribution in [0, 0.1) is 5.82 Å². The Bertz CT molecular complexity index is 1160. The van der Waals surface area contributed by atoms with Crippen LogP contribution in [0.4, 0.5) is 4.39 Å². The minimum atomic E-state index is -0.287. The normalized spacial score (nSPS) is 11.2. The van der Waals surface area contributed by atoms with Gasteiger partial charge in [-0.25, -0.2) is 14.4 Å². The second-order valence-electron chi connectivity index (χ2n) is 6.55. The Labute approximate surface area is 183 Å². The Balaban J connectivity index is 1.79. The summed E-state index contributed by atoms with van der Waals surface area (Å²) in [4.78, 5) is 9.50. The van der Waals surface area contributed by atoms with Crippen molar-refractivity contribution >= 4 is 45.9 Å². The summed E-state index contributed by atoms with van der Waals surface area (Å²) >= 11 is 14.2. The van der Waals surface area contributed by atoms with Gasteiger partial charge in [-0.15, -0.1) is 11.8 Å². The van der Waals surface area contributed by atoms with Gasteiger partial charge in [-0.2, -0.15) is 0 Å². The summed E-state index contributed by atoms with van der Waals surface area (Å²) < 4.78 is 13.3. The number of hydrogen-bond donors (Lipinski definition) is 0. The Hall–Kier alpha value is -2.14. The minimum Gasteiger partial charge on any atom is -0.228 e. The third kappa shape index (κ3) is 4.40. The molecule has 0 N–H and O–H groups in total. The van der Waals surface area contributed by atoms with Crippen molar-refractivity contribution in [3.63, 3.8) is 0 Å². The van der Waals surface area contributed by atoms with Crippen LogP contribution in [0.15, 0.2) is 65.7 Å². The van der Waals surface area contributed by atoms with Crippen molar-refractivity contribution in [2.75, 3.05) is 0 Å². The van der Waals surface area contributed by atoms with Crippen LogP contribution in [-0.2, 0) is 12.2 Å². The maximum Gasteiger partial charge on any atom is 0.161 e. The quantitative estimate of drug-likeness (QED) is 0.235. The topological polar surface area (TPSA) is 25.8 Å². The van der Waals surface area contributed by atoms with Crippen LogP contribution >= 0.6 is 35.0 Å². The molecule has 4 rings (SSSR count). The molecule has 4 aromatic rings. The van der Waals surface area contributed by atoms with E-state index in [1.165, 1.54) is 17.7 Å². The molecule has 0 saturated heterocycles. The number of fused-ring (bicyclic) bond motifs is 1. The molecule has 0 saturated carbocycles. The van der Waals surface area contributed by atoms with E-state index in [9.17, 15) is 4.39 Å². The summed E-state index contributed by atoms with van der Waals surface area (Å²) in [5, 5.41) is 3.11. The molecule has 0 radical (unpaired) electrons. The van der Waals surface area contributed by atoms with E-state index in [-0.39, 0.29) is 5.82 Å². The first kappa shape index (κ1) is 20.1. The first-order valence-electron chi connectivity index (χ1n) is 9.17. The predicted molar refractivity (Wildman–Crippen MR) is 120 cm³/mol. The van der Waals surface area contributed by atoms with Gasteiger partial charge in [0.2, 0.25) is 0 Å². The molecule has 0 aliphatic carbocycles. The number of benzene rings is 3. The zero-order valence-corrected chi connectivity index (χ0v) is 18.0. The van der Waals surface area contributed by atoms with Crippen LogP contribution in [-0.4, -0.2) is 9.97 Å². The Kier molecular flexibility index (Phi) is 6.04.